The maximum atomic E-state index is 10.8. The van der Waals surface area contributed by atoms with Crippen molar-refractivity contribution in [2.45, 2.75) is 18.9 Å². The molecule has 94 valence electrons. The van der Waals surface area contributed by atoms with Gasteiger partial charge in [0.2, 0.25) is 0 Å². The predicted octanol–water partition coefficient (Wildman–Crippen LogP) is 1.64. The fraction of sp³-hybridized carbons (Fsp3) is 0.462. The maximum absolute atomic E-state index is 10.8. The molecule has 0 spiro atoms. The smallest absolute Gasteiger partial charge is 0.304 e. The van der Waals surface area contributed by atoms with Crippen molar-refractivity contribution in [2.24, 2.45) is 0 Å². The number of carboxylic acid groups (broad SMARTS) is 1. The summed E-state index contributed by atoms with van der Waals surface area (Å²) in [7, 11) is 5.43. The number of hydrogen-bond donors (Lipinski definition) is 1. The first kappa shape index (κ1) is 13.5. The standard InChI is InChI=1S/C13H19NO3/c1-14(2)11(9-13(15)16)8-10-4-6-12(17-3)7-5-10/h4-7,11H,8-9H2,1-3H3,(H,15,16). The van der Waals surface area contributed by atoms with Gasteiger partial charge in [0.1, 0.15) is 5.75 Å². The summed E-state index contributed by atoms with van der Waals surface area (Å²) in [4.78, 5) is 12.7. The lowest BCUT2D eigenvalue weighted by Gasteiger charge is -2.22. The van der Waals surface area contributed by atoms with Gasteiger partial charge in [0.25, 0.3) is 0 Å². The lowest BCUT2D eigenvalue weighted by Crippen LogP contribution is -2.32. The van der Waals surface area contributed by atoms with E-state index in [4.69, 9.17) is 9.84 Å². The van der Waals surface area contributed by atoms with Crippen LogP contribution in [-0.4, -0.2) is 43.2 Å². The number of aliphatic carboxylic acids is 1. The van der Waals surface area contributed by atoms with Gasteiger partial charge in [-0.15, -0.1) is 0 Å². The van der Waals surface area contributed by atoms with Gasteiger partial charge in [0.05, 0.1) is 13.5 Å². The quantitative estimate of drug-likeness (QED) is 0.817. The minimum absolute atomic E-state index is 0.0147. The molecule has 1 aromatic carbocycles. The molecular formula is C13H19NO3. The monoisotopic (exact) mass is 237 g/mol. The van der Waals surface area contributed by atoms with Gasteiger partial charge in [-0.1, -0.05) is 12.1 Å². The number of methoxy groups -OCH3 is 1. The number of ether oxygens (including phenoxy) is 1. The lowest BCUT2D eigenvalue weighted by molar-refractivity contribution is -0.138. The summed E-state index contributed by atoms with van der Waals surface area (Å²) in [5.74, 6) is 0.0469. The molecule has 1 aromatic rings. The zero-order valence-electron chi connectivity index (χ0n) is 10.5. The van der Waals surface area contributed by atoms with E-state index in [1.165, 1.54) is 0 Å². The third-order valence-corrected chi connectivity index (χ3v) is 2.77. The Balaban J connectivity index is 2.68. The third kappa shape index (κ3) is 4.44. The van der Waals surface area contributed by atoms with Crippen LogP contribution in [0.4, 0.5) is 0 Å². The first-order valence-electron chi connectivity index (χ1n) is 5.54. The Morgan fingerprint density at radius 2 is 1.94 bits per heavy atom. The van der Waals surface area contributed by atoms with Gasteiger partial charge in [-0.3, -0.25) is 4.79 Å². The molecule has 0 amide bonds. The Bertz CT molecular complexity index is 359. The molecule has 0 aliphatic carbocycles. The van der Waals surface area contributed by atoms with E-state index in [2.05, 4.69) is 0 Å². The second-order valence-electron chi connectivity index (χ2n) is 4.27. The predicted molar refractivity (Wildman–Crippen MR) is 66.4 cm³/mol. The molecule has 0 radical (unpaired) electrons. The molecule has 0 saturated carbocycles. The molecule has 17 heavy (non-hydrogen) atoms. The first-order valence-corrected chi connectivity index (χ1v) is 5.54. The summed E-state index contributed by atoms with van der Waals surface area (Å²) in [6.07, 6.45) is 0.877. The number of likely N-dealkylation sites (N-methyl/N-ethyl adjacent to an activating group) is 1. The lowest BCUT2D eigenvalue weighted by atomic mass is 10.0. The Labute approximate surface area is 102 Å². The van der Waals surface area contributed by atoms with Crippen LogP contribution in [0.15, 0.2) is 24.3 Å². The average molecular weight is 237 g/mol. The van der Waals surface area contributed by atoms with E-state index in [0.29, 0.717) is 0 Å². The molecule has 0 bridgehead atoms. The van der Waals surface area contributed by atoms with Gasteiger partial charge < -0.3 is 14.7 Å². The van der Waals surface area contributed by atoms with Crippen LogP contribution >= 0.6 is 0 Å². The Kier molecular flexibility index (Phi) is 4.97. The minimum Gasteiger partial charge on any atom is -0.497 e. The number of rotatable bonds is 6. The van der Waals surface area contributed by atoms with Gasteiger partial charge >= 0.3 is 5.97 Å². The highest BCUT2D eigenvalue weighted by Crippen LogP contribution is 2.15. The average Bonchev–Trinajstić information content (AvgIpc) is 2.28. The van der Waals surface area contributed by atoms with Crippen LogP contribution in [0.2, 0.25) is 0 Å². The summed E-state index contributed by atoms with van der Waals surface area (Å²) in [5.41, 5.74) is 1.12. The van der Waals surface area contributed by atoms with Crippen molar-refractivity contribution in [2.75, 3.05) is 21.2 Å². The van der Waals surface area contributed by atoms with Gasteiger partial charge in [0, 0.05) is 6.04 Å². The zero-order valence-corrected chi connectivity index (χ0v) is 10.5. The minimum atomic E-state index is -0.766. The fourth-order valence-electron chi connectivity index (χ4n) is 1.67. The van der Waals surface area contributed by atoms with Crippen molar-refractivity contribution in [1.29, 1.82) is 0 Å². The van der Waals surface area contributed by atoms with Crippen molar-refractivity contribution in [1.82, 2.24) is 4.90 Å². The van der Waals surface area contributed by atoms with E-state index in [1.807, 2.05) is 43.3 Å². The largest absolute Gasteiger partial charge is 0.497 e. The molecule has 4 nitrogen and oxygen atoms in total. The van der Waals surface area contributed by atoms with Gasteiger partial charge in [-0.2, -0.15) is 0 Å². The number of carbonyl (C=O) groups is 1. The zero-order chi connectivity index (χ0) is 12.8. The first-order chi connectivity index (χ1) is 8.02. The van der Waals surface area contributed by atoms with Crippen LogP contribution in [-0.2, 0) is 11.2 Å². The molecule has 1 atom stereocenters. The molecule has 0 aliphatic rings. The summed E-state index contributed by atoms with van der Waals surface area (Å²) < 4.78 is 5.08. The molecule has 1 rings (SSSR count). The maximum Gasteiger partial charge on any atom is 0.304 e. The van der Waals surface area contributed by atoms with Crippen LogP contribution in [0.1, 0.15) is 12.0 Å². The molecule has 1 unspecified atom stereocenters. The Morgan fingerprint density at radius 3 is 2.35 bits per heavy atom. The van der Waals surface area contributed by atoms with Crippen LogP contribution in [0, 0.1) is 0 Å². The second kappa shape index (κ2) is 6.25. The molecule has 0 heterocycles. The van der Waals surface area contributed by atoms with Gasteiger partial charge in [-0.25, -0.2) is 0 Å². The molecule has 1 N–H and O–H groups in total. The SMILES string of the molecule is COc1ccc(CC(CC(=O)O)N(C)C)cc1. The van der Waals surface area contributed by atoms with Gasteiger partial charge in [0.15, 0.2) is 0 Å². The van der Waals surface area contributed by atoms with Crippen molar-refractivity contribution >= 4 is 5.97 Å². The van der Waals surface area contributed by atoms with E-state index < -0.39 is 5.97 Å². The van der Waals surface area contributed by atoms with Crippen LogP contribution in [0.25, 0.3) is 0 Å². The van der Waals surface area contributed by atoms with E-state index in [9.17, 15) is 4.79 Å². The number of carboxylic acids is 1. The van der Waals surface area contributed by atoms with Crippen LogP contribution < -0.4 is 4.74 Å². The molecule has 0 aromatic heterocycles. The summed E-state index contributed by atoms with van der Waals surface area (Å²) in [5, 5.41) is 8.85. The summed E-state index contributed by atoms with van der Waals surface area (Å²) >= 11 is 0. The topological polar surface area (TPSA) is 49.8 Å². The summed E-state index contributed by atoms with van der Waals surface area (Å²) in [6.45, 7) is 0. The molecule has 0 fully saturated rings. The molecule has 0 aliphatic heterocycles. The normalized spacial score (nSPS) is 12.5. The molecule has 4 heteroatoms. The Morgan fingerprint density at radius 1 is 1.35 bits per heavy atom. The van der Waals surface area contributed by atoms with Crippen molar-refractivity contribution < 1.29 is 14.6 Å². The highest BCUT2D eigenvalue weighted by atomic mass is 16.5. The van der Waals surface area contributed by atoms with Gasteiger partial charge in [-0.05, 0) is 38.2 Å². The number of hydrogen-bond acceptors (Lipinski definition) is 3. The van der Waals surface area contributed by atoms with E-state index >= 15 is 0 Å². The number of benzene rings is 1. The summed E-state index contributed by atoms with van der Waals surface area (Å²) in [6, 6.07) is 7.74. The van der Waals surface area contributed by atoms with Crippen LogP contribution in [0.5, 0.6) is 5.75 Å². The third-order valence-electron chi connectivity index (χ3n) is 2.77. The number of nitrogens with zero attached hydrogens (tertiary/aromatic N) is 1. The highest BCUT2D eigenvalue weighted by Gasteiger charge is 2.15. The molecule has 0 saturated heterocycles. The second-order valence-corrected chi connectivity index (χ2v) is 4.27. The Hall–Kier alpha value is -1.55. The van der Waals surface area contributed by atoms with E-state index in [-0.39, 0.29) is 12.5 Å². The fourth-order valence-corrected chi connectivity index (χ4v) is 1.67. The van der Waals surface area contributed by atoms with Crippen molar-refractivity contribution in [3.8, 4) is 5.75 Å². The van der Waals surface area contributed by atoms with Crippen LogP contribution in [0.3, 0.4) is 0 Å². The van der Waals surface area contributed by atoms with Crippen molar-refractivity contribution in [3.05, 3.63) is 29.8 Å². The van der Waals surface area contributed by atoms with E-state index in [1.54, 1.807) is 7.11 Å². The molecular weight excluding hydrogens is 218 g/mol. The highest BCUT2D eigenvalue weighted by molar-refractivity contribution is 5.67. The van der Waals surface area contributed by atoms with E-state index in [0.717, 1.165) is 17.7 Å². The van der Waals surface area contributed by atoms with Crippen molar-refractivity contribution in [3.63, 3.8) is 0 Å².